The van der Waals surface area contributed by atoms with E-state index in [1.165, 1.54) is 19.0 Å². The highest BCUT2D eigenvalue weighted by atomic mass is 35.5. The summed E-state index contributed by atoms with van der Waals surface area (Å²) in [6.07, 6.45) is 1.24. The van der Waals surface area contributed by atoms with Crippen molar-refractivity contribution < 1.29 is 13.2 Å². The molecule has 0 amide bonds. The van der Waals surface area contributed by atoms with Gasteiger partial charge in [-0.25, -0.2) is 9.97 Å². The molecular formula is C18H19Cl2F3N4. The van der Waals surface area contributed by atoms with Gasteiger partial charge in [0.1, 0.15) is 0 Å². The Bertz CT molecular complexity index is 793. The van der Waals surface area contributed by atoms with Crippen molar-refractivity contribution in [2.45, 2.75) is 38.4 Å². The summed E-state index contributed by atoms with van der Waals surface area (Å²) in [5.41, 5.74) is -0.607. The third-order valence-electron chi connectivity index (χ3n) is 4.55. The molecule has 0 atom stereocenters. The van der Waals surface area contributed by atoms with Crippen molar-refractivity contribution in [3.8, 4) is 0 Å². The molecule has 1 aliphatic carbocycles. The van der Waals surface area contributed by atoms with Crippen LogP contribution in [0.3, 0.4) is 0 Å². The molecule has 2 aromatic rings. The fourth-order valence-electron chi connectivity index (χ4n) is 3.19. The SMILES string of the molecule is FC(F)(F)c1nc(Nc2cccc(Cl)c2Cl)ncc1CNCC1CCCC1. The van der Waals surface area contributed by atoms with Gasteiger partial charge in [0.2, 0.25) is 5.95 Å². The first-order valence-corrected chi connectivity index (χ1v) is 9.45. The van der Waals surface area contributed by atoms with Crippen LogP contribution in [-0.4, -0.2) is 16.5 Å². The number of aromatic nitrogens is 2. The highest BCUT2D eigenvalue weighted by Crippen LogP contribution is 2.34. The fourth-order valence-corrected chi connectivity index (χ4v) is 3.54. The summed E-state index contributed by atoms with van der Waals surface area (Å²) in [4.78, 5) is 7.68. The van der Waals surface area contributed by atoms with Gasteiger partial charge in [-0.05, 0) is 37.4 Å². The molecule has 0 spiro atoms. The van der Waals surface area contributed by atoms with E-state index in [9.17, 15) is 13.2 Å². The predicted molar refractivity (Wildman–Crippen MR) is 100 cm³/mol. The van der Waals surface area contributed by atoms with Crippen molar-refractivity contribution in [1.29, 1.82) is 0 Å². The zero-order chi connectivity index (χ0) is 19.4. The summed E-state index contributed by atoms with van der Waals surface area (Å²) in [5, 5.41) is 6.27. The van der Waals surface area contributed by atoms with Crippen molar-refractivity contribution in [1.82, 2.24) is 15.3 Å². The van der Waals surface area contributed by atoms with Crippen LogP contribution >= 0.6 is 23.2 Å². The van der Waals surface area contributed by atoms with Crippen molar-refractivity contribution >= 4 is 34.8 Å². The Kier molecular flexibility index (Phi) is 6.44. The largest absolute Gasteiger partial charge is 0.433 e. The average Bonchev–Trinajstić information content (AvgIpc) is 3.12. The summed E-state index contributed by atoms with van der Waals surface area (Å²) in [7, 11) is 0. The Morgan fingerprint density at radius 3 is 2.59 bits per heavy atom. The van der Waals surface area contributed by atoms with E-state index in [4.69, 9.17) is 23.2 Å². The molecule has 0 saturated heterocycles. The molecule has 3 rings (SSSR count). The number of anilines is 2. The van der Waals surface area contributed by atoms with Crippen molar-refractivity contribution in [2.75, 3.05) is 11.9 Å². The molecule has 1 aromatic carbocycles. The van der Waals surface area contributed by atoms with Gasteiger partial charge in [-0.15, -0.1) is 0 Å². The Hall–Kier alpha value is -1.57. The zero-order valence-corrected chi connectivity index (χ0v) is 15.9. The maximum Gasteiger partial charge on any atom is 0.433 e. The zero-order valence-electron chi connectivity index (χ0n) is 14.4. The molecule has 0 radical (unpaired) electrons. The van der Waals surface area contributed by atoms with E-state index >= 15 is 0 Å². The molecule has 0 aliphatic heterocycles. The third kappa shape index (κ3) is 5.24. The number of rotatable bonds is 6. The maximum atomic E-state index is 13.4. The quantitative estimate of drug-likeness (QED) is 0.619. The molecule has 1 saturated carbocycles. The Morgan fingerprint density at radius 2 is 1.89 bits per heavy atom. The van der Waals surface area contributed by atoms with E-state index < -0.39 is 11.9 Å². The first kappa shape index (κ1) is 20.2. The van der Waals surface area contributed by atoms with Crippen LogP contribution in [-0.2, 0) is 12.7 Å². The van der Waals surface area contributed by atoms with Gasteiger partial charge in [0.25, 0.3) is 0 Å². The molecular weight excluding hydrogens is 400 g/mol. The molecule has 9 heteroatoms. The van der Waals surface area contributed by atoms with E-state index in [0.29, 0.717) is 18.2 Å². The minimum atomic E-state index is -4.58. The lowest BCUT2D eigenvalue weighted by atomic mass is 10.1. The summed E-state index contributed by atoms with van der Waals surface area (Å²) < 4.78 is 40.3. The summed E-state index contributed by atoms with van der Waals surface area (Å²) in [5.74, 6) is 0.345. The highest BCUT2D eigenvalue weighted by Gasteiger charge is 2.36. The normalized spacial score (nSPS) is 15.3. The topological polar surface area (TPSA) is 49.8 Å². The van der Waals surface area contributed by atoms with Gasteiger partial charge in [0.15, 0.2) is 5.69 Å². The maximum absolute atomic E-state index is 13.4. The number of benzene rings is 1. The molecule has 0 unspecified atom stereocenters. The van der Waals surface area contributed by atoms with Crippen LogP contribution in [0.4, 0.5) is 24.8 Å². The fraction of sp³-hybridized carbons (Fsp3) is 0.444. The monoisotopic (exact) mass is 418 g/mol. The highest BCUT2D eigenvalue weighted by molar-refractivity contribution is 6.43. The van der Waals surface area contributed by atoms with Crippen LogP contribution in [0.15, 0.2) is 24.4 Å². The molecule has 4 nitrogen and oxygen atoms in total. The smallest absolute Gasteiger partial charge is 0.323 e. The number of hydrogen-bond donors (Lipinski definition) is 2. The Morgan fingerprint density at radius 1 is 1.15 bits per heavy atom. The van der Waals surface area contributed by atoms with Crippen LogP contribution in [0.5, 0.6) is 0 Å². The van der Waals surface area contributed by atoms with Crippen LogP contribution in [0.2, 0.25) is 10.0 Å². The van der Waals surface area contributed by atoms with Gasteiger partial charge in [-0.2, -0.15) is 13.2 Å². The van der Waals surface area contributed by atoms with Crippen molar-refractivity contribution in [2.24, 2.45) is 5.92 Å². The second-order valence-electron chi connectivity index (χ2n) is 6.57. The summed E-state index contributed by atoms with van der Waals surface area (Å²) in [6.45, 7) is 0.777. The molecule has 1 aromatic heterocycles. The number of nitrogens with zero attached hydrogens (tertiary/aromatic N) is 2. The minimum Gasteiger partial charge on any atom is -0.323 e. The van der Waals surface area contributed by atoms with Crippen LogP contribution in [0.1, 0.15) is 36.9 Å². The summed E-state index contributed by atoms with van der Waals surface area (Å²) >= 11 is 12.0. The number of alkyl halides is 3. The third-order valence-corrected chi connectivity index (χ3v) is 5.37. The Labute approximate surface area is 165 Å². The lowest BCUT2D eigenvalue weighted by molar-refractivity contribution is -0.141. The second-order valence-corrected chi connectivity index (χ2v) is 7.36. The van der Waals surface area contributed by atoms with Gasteiger partial charge >= 0.3 is 6.18 Å². The number of halogens is 5. The number of nitrogens with one attached hydrogen (secondary N) is 2. The predicted octanol–water partition coefficient (Wildman–Crippen LogP) is 5.83. The van der Waals surface area contributed by atoms with E-state index in [-0.39, 0.29) is 28.1 Å². The molecule has 0 bridgehead atoms. The average molecular weight is 419 g/mol. The standard InChI is InChI=1S/C18H19Cl2F3N4/c19-13-6-3-7-14(15(13)20)26-17-25-10-12(16(27-17)18(21,22)23)9-24-8-11-4-1-2-5-11/h3,6-7,10-11,24H,1-2,4-5,8-9H2,(H,25,26,27). The summed E-state index contributed by atoms with van der Waals surface area (Å²) in [6, 6.07) is 4.79. The molecule has 2 N–H and O–H groups in total. The van der Waals surface area contributed by atoms with Crippen LogP contribution < -0.4 is 10.6 Å². The van der Waals surface area contributed by atoms with Gasteiger partial charge < -0.3 is 10.6 Å². The van der Waals surface area contributed by atoms with Crippen LogP contribution in [0.25, 0.3) is 0 Å². The van der Waals surface area contributed by atoms with E-state index in [0.717, 1.165) is 12.8 Å². The number of hydrogen-bond acceptors (Lipinski definition) is 4. The van der Waals surface area contributed by atoms with Gasteiger partial charge in [-0.3, -0.25) is 0 Å². The lowest BCUT2D eigenvalue weighted by Crippen LogP contribution is -2.24. The van der Waals surface area contributed by atoms with Crippen molar-refractivity contribution in [3.05, 3.63) is 45.7 Å². The molecule has 1 aliphatic rings. The Balaban J connectivity index is 1.76. The van der Waals surface area contributed by atoms with E-state index in [1.807, 2.05) is 0 Å². The minimum absolute atomic E-state index is 0.0169. The lowest BCUT2D eigenvalue weighted by Gasteiger charge is -2.16. The van der Waals surface area contributed by atoms with Gasteiger partial charge in [-0.1, -0.05) is 42.1 Å². The molecule has 27 heavy (non-hydrogen) atoms. The van der Waals surface area contributed by atoms with Gasteiger partial charge in [0.05, 0.1) is 15.7 Å². The van der Waals surface area contributed by atoms with Gasteiger partial charge in [0, 0.05) is 18.3 Å². The first-order chi connectivity index (χ1) is 12.8. The second kappa shape index (κ2) is 8.63. The molecule has 1 fully saturated rings. The molecule has 146 valence electrons. The van der Waals surface area contributed by atoms with Crippen molar-refractivity contribution in [3.63, 3.8) is 0 Å². The molecule has 1 heterocycles. The van der Waals surface area contributed by atoms with E-state index in [1.54, 1.807) is 18.2 Å². The van der Waals surface area contributed by atoms with E-state index in [2.05, 4.69) is 20.6 Å². The van der Waals surface area contributed by atoms with Crippen LogP contribution in [0, 0.1) is 5.92 Å². The first-order valence-electron chi connectivity index (χ1n) is 8.69.